The lowest BCUT2D eigenvalue weighted by Gasteiger charge is -2.30. The van der Waals surface area contributed by atoms with E-state index in [1.165, 1.54) is 229 Å². The van der Waals surface area contributed by atoms with Gasteiger partial charge in [-0.15, -0.1) is 0 Å². The normalized spacial score (nSPS) is 11.7. The molecule has 0 aromatic carbocycles. The highest BCUT2D eigenvalue weighted by Crippen LogP contribution is 2.16. The Bertz CT molecular complexity index is 449. The maximum Gasteiger partial charge on any atom is 0.0782 e. The molecule has 0 aliphatic heterocycles. The van der Waals surface area contributed by atoms with E-state index in [4.69, 9.17) is 0 Å². The van der Waals surface area contributed by atoms with Crippen molar-refractivity contribution in [3.63, 3.8) is 0 Å². The van der Waals surface area contributed by atoms with E-state index in [-0.39, 0.29) is 17.0 Å². The minimum absolute atomic E-state index is 0. The molecule has 0 heterocycles. The number of nitrogens with zero attached hydrogens (tertiary/aromatic N) is 1. The molecule has 0 atom stereocenters. The van der Waals surface area contributed by atoms with Gasteiger partial charge in [0.2, 0.25) is 0 Å². The molecule has 0 amide bonds. The smallest absolute Gasteiger partial charge is 0.0782 e. The summed E-state index contributed by atoms with van der Waals surface area (Å²) in [7, 11) is 4.94. The Hall–Kier alpha value is 0.440. The third kappa shape index (κ3) is 38.4. The molecule has 0 aromatic heterocycles. The van der Waals surface area contributed by atoms with Crippen molar-refractivity contribution in [2.45, 2.75) is 226 Å². The fourth-order valence-corrected chi connectivity index (χ4v) is 6.46. The zero-order valence-corrected chi connectivity index (χ0v) is 31.2. The predicted octanol–water partition coefficient (Wildman–Crippen LogP) is 11.0. The molecular weight excluding hydrogens is 562 g/mol. The van der Waals surface area contributed by atoms with Crippen LogP contribution in [-0.2, 0) is 0 Å². The second-order valence-electron chi connectivity index (χ2n) is 14.3. The summed E-state index contributed by atoms with van der Waals surface area (Å²) in [5.41, 5.74) is 0. The second kappa shape index (κ2) is 36.6. The molecule has 0 rings (SSSR count). The summed E-state index contributed by atoms with van der Waals surface area (Å²) in [5, 5.41) is 0. The fourth-order valence-electron chi connectivity index (χ4n) is 6.46. The van der Waals surface area contributed by atoms with E-state index >= 15 is 0 Å². The fraction of sp³-hybridized carbons (Fsp3) is 1.00. The third-order valence-electron chi connectivity index (χ3n) is 9.48. The van der Waals surface area contributed by atoms with Crippen LogP contribution in [0.15, 0.2) is 0 Å². The highest BCUT2D eigenvalue weighted by Gasteiger charge is 2.13. The van der Waals surface area contributed by atoms with Crippen molar-refractivity contribution in [2.75, 3.05) is 27.2 Å². The molecule has 0 radical (unpaired) electrons. The van der Waals surface area contributed by atoms with Gasteiger partial charge >= 0.3 is 0 Å². The van der Waals surface area contributed by atoms with Crippen LogP contribution in [0.1, 0.15) is 226 Å². The largest absolute Gasteiger partial charge is 1.00 e. The van der Waals surface area contributed by atoms with Crippen molar-refractivity contribution in [1.29, 1.82) is 0 Å². The summed E-state index contributed by atoms with van der Waals surface area (Å²) < 4.78 is 1.25. The van der Waals surface area contributed by atoms with Gasteiger partial charge < -0.3 is 21.5 Å². The maximum absolute atomic E-state index is 2.47. The van der Waals surface area contributed by atoms with Gasteiger partial charge in [0.05, 0.1) is 27.2 Å². The quantitative estimate of drug-likeness (QED) is 0.0476. The predicted molar refractivity (Wildman–Crippen MR) is 186 cm³/mol. The zero-order valence-electron chi connectivity index (χ0n) is 29.6. The van der Waals surface area contributed by atoms with E-state index in [9.17, 15) is 0 Å². The lowest BCUT2D eigenvalue weighted by atomic mass is 10.0. The molecule has 0 spiro atoms. The molecule has 0 saturated carbocycles. The average Bonchev–Trinajstić information content (AvgIpc) is 2.94. The minimum Gasteiger partial charge on any atom is -1.00 e. The maximum atomic E-state index is 2.47. The van der Waals surface area contributed by atoms with Gasteiger partial charge in [0.25, 0.3) is 0 Å². The molecule has 250 valence electrons. The van der Waals surface area contributed by atoms with Crippen molar-refractivity contribution in [3.05, 3.63) is 0 Å². The van der Waals surface area contributed by atoms with Gasteiger partial charge in [-0.05, 0) is 25.7 Å². The number of hydrogen-bond acceptors (Lipinski definition) is 0. The van der Waals surface area contributed by atoms with Crippen LogP contribution in [0.5, 0.6) is 0 Å². The molecule has 0 aliphatic carbocycles. The van der Waals surface area contributed by atoms with Crippen molar-refractivity contribution in [2.24, 2.45) is 0 Å². The molecule has 0 saturated heterocycles. The summed E-state index contributed by atoms with van der Waals surface area (Å²) >= 11 is 0. The van der Waals surface area contributed by atoms with Crippen LogP contribution in [0.25, 0.3) is 0 Å². The van der Waals surface area contributed by atoms with Crippen LogP contribution in [-0.4, -0.2) is 31.7 Å². The Balaban J connectivity index is 0. The molecule has 0 aliphatic rings. The molecular formula is C39H82BrN. The number of unbranched alkanes of at least 4 members (excludes halogenated alkanes) is 31. The van der Waals surface area contributed by atoms with Crippen molar-refractivity contribution >= 4 is 0 Å². The molecule has 1 nitrogen and oxygen atoms in total. The van der Waals surface area contributed by atoms with Crippen LogP contribution < -0.4 is 17.0 Å². The summed E-state index contributed by atoms with van der Waals surface area (Å²) in [6.45, 7) is 7.39. The lowest BCUT2D eigenvalue weighted by Crippen LogP contribution is -3.00. The van der Waals surface area contributed by atoms with Crippen LogP contribution in [0.2, 0.25) is 0 Å². The molecule has 0 bridgehead atoms. The highest BCUT2D eigenvalue weighted by atomic mass is 79.9. The van der Waals surface area contributed by atoms with E-state index in [0.717, 1.165) is 0 Å². The van der Waals surface area contributed by atoms with Gasteiger partial charge in [0, 0.05) is 0 Å². The Labute approximate surface area is 273 Å². The zero-order chi connectivity index (χ0) is 29.2. The van der Waals surface area contributed by atoms with Crippen LogP contribution in [0, 0.1) is 0 Å². The first kappa shape index (κ1) is 43.6. The standard InChI is InChI=1S/C39H82N.BrH/c1-5-7-9-11-13-15-17-19-21-23-25-27-29-31-33-35-37-39-40(3,4)38-36-34-32-30-28-26-24-22-20-18-16-14-12-10-8-6-2;/h5-39H2,1-4H3;1H/q+1;/p-1. The lowest BCUT2D eigenvalue weighted by molar-refractivity contribution is -0.890. The summed E-state index contributed by atoms with van der Waals surface area (Å²) in [6.07, 6.45) is 48.4. The van der Waals surface area contributed by atoms with Crippen molar-refractivity contribution in [1.82, 2.24) is 0 Å². The van der Waals surface area contributed by atoms with E-state index in [2.05, 4.69) is 27.9 Å². The second-order valence-corrected chi connectivity index (χ2v) is 14.3. The number of hydrogen-bond donors (Lipinski definition) is 0. The molecule has 0 unspecified atom stereocenters. The van der Waals surface area contributed by atoms with Gasteiger partial charge in [0.1, 0.15) is 0 Å². The number of halogens is 1. The summed E-state index contributed by atoms with van der Waals surface area (Å²) in [4.78, 5) is 0. The Morgan fingerprint density at radius 1 is 0.244 bits per heavy atom. The summed E-state index contributed by atoms with van der Waals surface area (Å²) in [6, 6.07) is 0. The highest BCUT2D eigenvalue weighted by molar-refractivity contribution is 4.52. The van der Waals surface area contributed by atoms with Gasteiger partial charge in [-0.1, -0.05) is 200 Å². The number of rotatable bonds is 35. The van der Waals surface area contributed by atoms with Gasteiger partial charge in [-0.2, -0.15) is 0 Å². The van der Waals surface area contributed by atoms with Gasteiger partial charge in [0.15, 0.2) is 0 Å². The van der Waals surface area contributed by atoms with E-state index in [0.29, 0.717) is 0 Å². The first-order valence-corrected chi connectivity index (χ1v) is 19.4. The Kier molecular flexibility index (Phi) is 38.9. The topological polar surface area (TPSA) is 0 Å². The minimum atomic E-state index is 0. The SMILES string of the molecule is CCCCCCCCCCCCCCCCCCC[N+](C)(C)CCCCCCCCCCCCCCCCCC.[Br-]. The first-order valence-electron chi connectivity index (χ1n) is 19.4. The van der Waals surface area contributed by atoms with Crippen molar-refractivity contribution in [3.8, 4) is 0 Å². The van der Waals surface area contributed by atoms with Crippen LogP contribution >= 0.6 is 0 Å². The molecule has 41 heavy (non-hydrogen) atoms. The van der Waals surface area contributed by atoms with Crippen LogP contribution in [0.4, 0.5) is 0 Å². The third-order valence-corrected chi connectivity index (χ3v) is 9.48. The Morgan fingerprint density at radius 2 is 0.390 bits per heavy atom. The Morgan fingerprint density at radius 3 is 0.561 bits per heavy atom. The van der Waals surface area contributed by atoms with E-state index in [1.54, 1.807) is 0 Å². The van der Waals surface area contributed by atoms with E-state index < -0.39 is 0 Å². The molecule has 0 aromatic rings. The number of quaternary nitrogens is 1. The van der Waals surface area contributed by atoms with Gasteiger partial charge in [-0.3, -0.25) is 0 Å². The first-order chi connectivity index (χ1) is 19.6. The monoisotopic (exact) mass is 644 g/mol. The molecule has 2 heteroatoms. The van der Waals surface area contributed by atoms with Crippen LogP contribution in [0.3, 0.4) is 0 Å². The van der Waals surface area contributed by atoms with Crippen molar-refractivity contribution < 1.29 is 21.5 Å². The van der Waals surface area contributed by atoms with Gasteiger partial charge in [-0.25, -0.2) is 0 Å². The molecule has 0 N–H and O–H groups in total. The molecule has 0 fully saturated rings. The van der Waals surface area contributed by atoms with E-state index in [1.807, 2.05) is 0 Å². The summed E-state index contributed by atoms with van der Waals surface area (Å²) in [5.74, 6) is 0. The average molecular weight is 645 g/mol.